The van der Waals surface area contributed by atoms with E-state index in [1.54, 1.807) is 23.3 Å². The van der Waals surface area contributed by atoms with E-state index >= 15 is 0 Å². The topological polar surface area (TPSA) is 71.7 Å². The third-order valence-corrected chi connectivity index (χ3v) is 5.16. The molecule has 1 unspecified atom stereocenters. The van der Waals surface area contributed by atoms with Gasteiger partial charge in [-0.05, 0) is 49.4 Å². The van der Waals surface area contributed by atoms with E-state index in [-0.39, 0.29) is 11.7 Å². The van der Waals surface area contributed by atoms with E-state index in [4.69, 9.17) is 9.15 Å². The van der Waals surface area contributed by atoms with Crippen LogP contribution in [0.1, 0.15) is 12.5 Å². The predicted molar refractivity (Wildman–Crippen MR) is 110 cm³/mol. The van der Waals surface area contributed by atoms with Crippen molar-refractivity contribution in [1.29, 1.82) is 0 Å². The number of alkyl halides is 3. The van der Waals surface area contributed by atoms with Gasteiger partial charge in [-0.15, -0.1) is 10.2 Å². The number of halogens is 3. The number of benzene rings is 1. The molecular weight excluding hydrogens is 425 g/mol. The zero-order valence-electron chi connectivity index (χ0n) is 17.2. The molecule has 1 aliphatic rings. The van der Waals surface area contributed by atoms with E-state index in [1.165, 1.54) is 19.1 Å². The fourth-order valence-electron chi connectivity index (χ4n) is 3.46. The zero-order valence-corrected chi connectivity index (χ0v) is 17.2. The Hall–Kier alpha value is -3.56. The molecule has 168 valence electrons. The minimum absolute atomic E-state index is 0.00577. The Morgan fingerprint density at radius 3 is 2.47 bits per heavy atom. The van der Waals surface area contributed by atoms with Crippen LogP contribution >= 0.6 is 0 Å². The maximum atomic E-state index is 12.9. The van der Waals surface area contributed by atoms with Crippen LogP contribution in [0.5, 0.6) is 5.75 Å². The fraction of sp³-hybridized carbons (Fsp3) is 0.318. The van der Waals surface area contributed by atoms with Crippen LogP contribution in [0.25, 0.3) is 11.5 Å². The Morgan fingerprint density at radius 2 is 1.84 bits per heavy atom. The number of carbonyl (C=O) groups excluding carboxylic acids is 1. The zero-order chi connectivity index (χ0) is 22.7. The molecule has 7 nitrogen and oxygen atoms in total. The smallest absolute Gasteiger partial charge is 0.416 e. The molecule has 0 saturated carbocycles. The molecule has 1 atom stereocenters. The van der Waals surface area contributed by atoms with Gasteiger partial charge in [-0.1, -0.05) is 6.07 Å². The molecule has 1 amide bonds. The van der Waals surface area contributed by atoms with E-state index in [0.717, 1.165) is 12.1 Å². The third kappa shape index (κ3) is 4.84. The summed E-state index contributed by atoms with van der Waals surface area (Å²) in [6, 6.07) is 11.8. The number of ether oxygens (including phenoxy) is 1. The molecule has 1 aliphatic heterocycles. The molecule has 2 aromatic heterocycles. The van der Waals surface area contributed by atoms with Gasteiger partial charge in [-0.25, -0.2) is 0 Å². The molecular formula is C22H21F3N4O3. The summed E-state index contributed by atoms with van der Waals surface area (Å²) in [4.78, 5) is 16.4. The lowest BCUT2D eigenvalue weighted by Crippen LogP contribution is -2.52. The molecule has 3 heterocycles. The summed E-state index contributed by atoms with van der Waals surface area (Å²) in [5.41, 5.74) is -0.185. The van der Waals surface area contributed by atoms with Crippen LogP contribution in [0.3, 0.4) is 0 Å². The number of nitrogens with zero attached hydrogens (tertiary/aromatic N) is 4. The number of hydrogen-bond acceptors (Lipinski definition) is 6. The largest absolute Gasteiger partial charge is 0.481 e. The first-order chi connectivity index (χ1) is 15.3. The average molecular weight is 446 g/mol. The Balaban J connectivity index is 1.32. The summed E-state index contributed by atoms with van der Waals surface area (Å²) < 4.78 is 49.4. The lowest BCUT2D eigenvalue weighted by Gasteiger charge is -2.36. The van der Waals surface area contributed by atoms with Crippen LogP contribution in [0.2, 0.25) is 0 Å². The van der Waals surface area contributed by atoms with E-state index in [9.17, 15) is 18.0 Å². The summed E-state index contributed by atoms with van der Waals surface area (Å²) in [7, 11) is 0. The number of carbonyl (C=O) groups is 1. The van der Waals surface area contributed by atoms with Crippen molar-refractivity contribution >= 4 is 11.7 Å². The standard InChI is InChI=1S/C22H21F3N4O3/c1-15(32-17-5-2-4-16(14-17)22(23,24)25)21(30)29-11-9-28(10-12-29)20-8-7-18(26-27-20)19-6-3-13-31-19/h2-8,13-15H,9-12H2,1H3. The van der Waals surface area contributed by atoms with E-state index in [1.807, 2.05) is 17.0 Å². The third-order valence-electron chi connectivity index (χ3n) is 5.16. The van der Waals surface area contributed by atoms with Gasteiger partial charge in [0.05, 0.1) is 11.8 Å². The molecule has 0 N–H and O–H groups in total. The molecule has 3 aromatic rings. The summed E-state index contributed by atoms with van der Waals surface area (Å²) in [5.74, 6) is 1.06. The van der Waals surface area contributed by atoms with Crippen LogP contribution in [0.4, 0.5) is 19.0 Å². The minimum atomic E-state index is -4.47. The van der Waals surface area contributed by atoms with Gasteiger partial charge in [0.15, 0.2) is 17.7 Å². The molecule has 4 rings (SSSR count). The second kappa shape index (κ2) is 8.89. The first-order valence-electron chi connectivity index (χ1n) is 10.1. The van der Waals surface area contributed by atoms with Crippen molar-refractivity contribution in [2.45, 2.75) is 19.2 Å². The van der Waals surface area contributed by atoms with Gasteiger partial charge in [-0.2, -0.15) is 13.2 Å². The van der Waals surface area contributed by atoms with Crippen molar-refractivity contribution in [2.75, 3.05) is 31.1 Å². The van der Waals surface area contributed by atoms with Gasteiger partial charge >= 0.3 is 6.18 Å². The van der Waals surface area contributed by atoms with Gasteiger partial charge in [0.25, 0.3) is 5.91 Å². The highest BCUT2D eigenvalue weighted by Crippen LogP contribution is 2.31. The van der Waals surface area contributed by atoms with Gasteiger partial charge in [0.2, 0.25) is 0 Å². The van der Waals surface area contributed by atoms with Crippen molar-refractivity contribution in [1.82, 2.24) is 15.1 Å². The van der Waals surface area contributed by atoms with E-state index in [0.29, 0.717) is 43.5 Å². The Labute approximate surface area is 182 Å². The number of rotatable bonds is 5. The van der Waals surface area contributed by atoms with Crippen molar-refractivity contribution in [3.8, 4) is 17.2 Å². The number of aromatic nitrogens is 2. The Kier molecular flexibility index (Phi) is 6.02. The van der Waals surface area contributed by atoms with Crippen LogP contribution in [0, 0.1) is 0 Å². The van der Waals surface area contributed by atoms with Crippen LogP contribution in [-0.2, 0) is 11.0 Å². The first kappa shape index (κ1) is 21.7. The van der Waals surface area contributed by atoms with Crippen molar-refractivity contribution in [3.63, 3.8) is 0 Å². The molecule has 0 radical (unpaired) electrons. The maximum Gasteiger partial charge on any atom is 0.416 e. The van der Waals surface area contributed by atoms with Gasteiger partial charge in [-0.3, -0.25) is 4.79 Å². The molecule has 1 aromatic carbocycles. The van der Waals surface area contributed by atoms with Gasteiger partial charge in [0.1, 0.15) is 11.4 Å². The lowest BCUT2D eigenvalue weighted by atomic mass is 10.2. The van der Waals surface area contributed by atoms with Gasteiger partial charge < -0.3 is 19.0 Å². The average Bonchev–Trinajstić information content (AvgIpc) is 3.33. The number of furan rings is 1. The number of piperazine rings is 1. The minimum Gasteiger partial charge on any atom is -0.481 e. The molecule has 32 heavy (non-hydrogen) atoms. The highest BCUT2D eigenvalue weighted by atomic mass is 19.4. The summed E-state index contributed by atoms with van der Waals surface area (Å²) in [5, 5.41) is 8.43. The first-order valence-corrected chi connectivity index (χ1v) is 10.1. The highest BCUT2D eigenvalue weighted by molar-refractivity contribution is 5.81. The molecule has 10 heteroatoms. The molecule has 0 aliphatic carbocycles. The van der Waals surface area contributed by atoms with Gasteiger partial charge in [0, 0.05) is 26.2 Å². The molecule has 0 spiro atoms. The Morgan fingerprint density at radius 1 is 1.06 bits per heavy atom. The Bertz CT molecular complexity index is 1050. The number of amides is 1. The van der Waals surface area contributed by atoms with Crippen molar-refractivity contribution in [2.24, 2.45) is 0 Å². The van der Waals surface area contributed by atoms with Crippen LogP contribution < -0.4 is 9.64 Å². The summed E-state index contributed by atoms with van der Waals surface area (Å²) in [6.07, 6.45) is -3.81. The maximum absolute atomic E-state index is 12.9. The van der Waals surface area contributed by atoms with Crippen molar-refractivity contribution in [3.05, 3.63) is 60.4 Å². The second-order valence-electron chi connectivity index (χ2n) is 7.35. The second-order valence-corrected chi connectivity index (χ2v) is 7.35. The number of anilines is 1. The monoisotopic (exact) mass is 446 g/mol. The van der Waals surface area contributed by atoms with E-state index < -0.39 is 17.8 Å². The predicted octanol–water partition coefficient (Wildman–Crippen LogP) is 3.87. The van der Waals surface area contributed by atoms with Crippen LogP contribution in [-0.4, -0.2) is 53.3 Å². The molecule has 1 saturated heterocycles. The number of hydrogen-bond donors (Lipinski definition) is 0. The normalized spacial score (nSPS) is 15.5. The lowest BCUT2D eigenvalue weighted by molar-refractivity contribution is -0.138. The van der Waals surface area contributed by atoms with Crippen LogP contribution in [0.15, 0.2) is 59.2 Å². The highest BCUT2D eigenvalue weighted by Gasteiger charge is 2.31. The SMILES string of the molecule is CC(Oc1cccc(C(F)(F)F)c1)C(=O)N1CCN(c2ccc(-c3ccco3)nn2)CC1. The molecule has 1 fully saturated rings. The summed E-state index contributed by atoms with van der Waals surface area (Å²) >= 11 is 0. The van der Waals surface area contributed by atoms with Crippen molar-refractivity contribution < 1.29 is 27.1 Å². The molecule has 0 bridgehead atoms. The summed E-state index contributed by atoms with van der Waals surface area (Å²) in [6.45, 7) is 3.52. The fourth-order valence-corrected chi connectivity index (χ4v) is 3.46. The van der Waals surface area contributed by atoms with E-state index in [2.05, 4.69) is 10.2 Å². The quantitative estimate of drug-likeness (QED) is 0.593.